The summed E-state index contributed by atoms with van der Waals surface area (Å²) < 4.78 is 0. The fourth-order valence-corrected chi connectivity index (χ4v) is 1.11. The Labute approximate surface area is 106 Å². The van der Waals surface area contributed by atoms with Gasteiger partial charge < -0.3 is 0 Å². The zero-order valence-electron chi connectivity index (χ0n) is 11.6. The Bertz CT molecular complexity index is 394. The largest absolute Gasteiger partial charge is 0.256 e. The Morgan fingerprint density at radius 2 is 1.82 bits per heavy atom. The van der Waals surface area contributed by atoms with Gasteiger partial charge in [0.15, 0.2) is 0 Å². The molecule has 0 spiro atoms. The summed E-state index contributed by atoms with van der Waals surface area (Å²) in [6.45, 7) is 13.8. The molecule has 1 aromatic rings. The van der Waals surface area contributed by atoms with Crippen molar-refractivity contribution in [3.05, 3.63) is 60.0 Å². The van der Waals surface area contributed by atoms with Crippen LogP contribution in [0.1, 0.15) is 39.0 Å². The molecule has 1 nitrogen and oxygen atoms in total. The van der Waals surface area contributed by atoms with Crippen molar-refractivity contribution in [2.45, 2.75) is 34.6 Å². The number of rotatable bonds is 3. The van der Waals surface area contributed by atoms with Gasteiger partial charge in [0.25, 0.3) is 0 Å². The quantitative estimate of drug-likeness (QED) is 0.668. The number of aryl methyl sites for hydroxylation is 1. The lowest BCUT2D eigenvalue weighted by Gasteiger charge is -1.99. The highest BCUT2D eigenvalue weighted by atomic mass is 14.7. The van der Waals surface area contributed by atoms with E-state index in [4.69, 9.17) is 0 Å². The van der Waals surface area contributed by atoms with E-state index in [1.807, 2.05) is 52.1 Å². The first-order valence-electron chi connectivity index (χ1n) is 6.04. The fraction of sp³-hybridized carbons (Fsp3) is 0.312. The Morgan fingerprint density at radius 1 is 1.18 bits per heavy atom. The average Bonchev–Trinajstić information content (AvgIpc) is 2.38. The summed E-state index contributed by atoms with van der Waals surface area (Å²) >= 11 is 0. The van der Waals surface area contributed by atoms with Gasteiger partial charge in [-0.3, -0.25) is 4.98 Å². The van der Waals surface area contributed by atoms with Gasteiger partial charge in [0.1, 0.15) is 0 Å². The third-order valence-electron chi connectivity index (χ3n) is 2.23. The molecule has 0 bridgehead atoms. The number of hydrogen-bond acceptors (Lipinski definition) is 1. The molecule has 0 radical (unpaired) electrons. The summed E-state index contributed by atoms with van der Waals surface area (Å²) in [7, 11) is 0. The molecular weight excluding hydrogens is 206 g/mol. The van der Waals surface area contributed by atoms with Gasteiger partial charge >= 0.3 is 0 Å². The van der Waals surface area contributed by atoms with E-state index in [9.17, 15) is 0 Å². The molecule has 0 atom stereocenters. The van der Waals surface area contributed by atoms with Crippen molar-refractivity contribution in [3.8, 4) is 0 Å². The van der Waals surface area contributed by atoms with E-state index >= 15 is 0 Å². The van der Waals surface area contributed by atoms with Crippen molar-refractivity contribution in [1.29, 1.82) is 0 Å². The molecule has 0 unspecified atom stereocenters. The van der Waals surface area contributed by atoms with Crippen molar-refractivity contribution < 1.29 is 0 Å². The van der Waals surface area contributed by atoms with Crippen LogP contribution in [0.25, 0.3) is 5.57 Å². The average molecular weight is 229 g/mol. The smallest absolute Gasteiger partial charge is 0.0658 e. The van der Waals surface area contributed by atoms with Crippen molar-refractivity contribution in [3.63, 3.8) is 0 Å². The van der Waals surface area contributed by atoms with E-state index < -0.39 is 0 Å². The second-order valence-electron chi connectivity index (χ2n) is 3.69. The second-order valence-corrected chi connectivity index (χ2v) is 3.69. The van der Waals surface area contributed by atoms with E-state index in [1.165, 1.54) is 5.56 Å². The van der Waals surface area contributed by atoms with Gasteiger partial charge in [-0.1, -0.05) is 50.3 Å². The van der Waals surface area contributed by atoms with Gasteiger partial charge in [0, 0.05) is 6.20 Å². The maximum atomic E-state index is 4.36. The van der Waals surface area contributed by atoms with Crippen molar-refractivity contribution in [1.82, 2.24) is 4.98 Å². The summed E-state index contributed by atoms with van der Waals surface area (Å²) in [6.07, 6.45) is 7.83. The molecule has 0 aromatic carbocycles. The van der Waals surface area contributed by atoms with Crippen LogP contribution in [0.2, 0.25) is 0 Å². The lowest BCUT2D eigenvalue weighted by Crippen LogP contribution is -1.85. The Hall–Kier alpha value is -1.63. The molecule has 1 heteroatoms. The highest BCUT2D eigenvalue weighted by Crippen LogP contribution is 2.11. The van der Waals surface area contributed by atoms with Crippen molar-refractivity contribution in [2.75, 3.05) is 0 Å². The Kier molecular flexibility index (Phi) is 7.70. The van der Waals surface area contributed by atoms with Crippen LogP contribution in [0.4, 0.5) is 0 Å². The minimum absolute atomic E-state index is 1.02. The third kappa shape index (κ3) is 5.86. The molecule has 0 amide bonds. The zero-order chi connectivity index (χ0) is 13.3. The van der Waals surface area contributed by atoms with Gasteiger partial charge in [-0.15, -0.1) is 0 Å². The van der Waals surface area contributed by atoms with E-state index in [2.05, 4.69) is 30.6 Å². The zero-order valence-corrected chi connectivity index (χ0v) is 11.6. The Balaban J connectivity index is 0.00000121. The van der Waals surface area contributed by atoms with Gasteiger partial charge in [-0.2, -0.15) is 0 Å². The number of hydrogen-bond donors (Lipinski definition) is 0. The Morgan fingerprint density at radius 3 is 2.29 bits per heavy atom. The summed E-state index contributed by atoms with van der Waals surface area (Å²) in [5.74, 6) is 0. The van der Waals surface area contributed by atoms with Gasteiger partial charge in [0.2, 0.25) is 0 Å². The molecule has 0 N–H and O–H groups in total. The maximum absolute atomic E-state index is 4.36. The molecule has 0 saturated heterocycles. The minimum atomic E-state index is 1.02. The molecule has 0 aliphatic rings. The standard InChI is InChI=1S/C14H17N.C2H6/c1-5-11(2)6-8-13(4)14-9-7-12(3)10-15-14;1-2/h5-10H,1H2,2-4H3;1-2H3/b11-6-,13-8+;. The SMILES string of the molecule is C=C/C(C)=C\C=C(/C)c1ccc(C)cn1.CC. The van der Waals surface area contributed by atoms with Crippen LogP contribution in [0, 0.1) is 6.92 Å². The van der Waals surface area contributed by atoms with Crippen LogP contribution in [0.5, 0.6) is 0 Å². The molecule has 0 aliphatic heterocycles. The topological polar surface area (TPSA) is 12.9 Å². The number of nitrogens with zero attached hydrogens (tertiary/aromatic N) is 1. The van der Waals surface area contributed by atoms with Crippen LogP contribution in [0.3, 0.4) is 0 Å². The fourth-order valence-electron chi connectivity index (χ4n) is 1.11. The molecular formula is C16H23N. The first kappa shape index (κ1) is 15.4. The summed E-state index contributed by atoms with van der Waals surface area (Å²) in [6, 6.07) is 4.11. The highest BCUT2D eigenvalue weighted by Gasteiger charge is 1.94. The molecule has 0 saturated carbocycles. The van der Waals surface area contributed by atoms with Crippen molar-refractivity contribution in [2.24, 2.45) is 0 Å². The van der Waals surface area contributed by atoms with Gasteiger partial charge in [-0.25, -0.2) is 0 Å². The van der Waals surface area contributed by atoms with Crippen LogP contribution in [0.15, 0.2) is 48.7 Å². The lowest BCUT2D eigenvalue weighted by atomic mass is 10.1. The molecule has 1 heterocycles. The molecule has 92 valence electrons. The summed E-state index contributed by atoms with van der Waals surface area (Å²) in [4.78, 5) is 4.36. The van der Waals surface area contributed by atoms with Crippen LogP contribution < -0.4 is 0 Å². The number of aromatic nitrogens is 1. The molecule has 0 aliphatic carbocycles. The van der Waals surface area contributed by atoms with Gasteiger partial charge in [-0.05, 0) is 38.0 Å². The summed E-state index contributed by atoms with van der Waals surface area (Å²) in [5, 5.41) is 0. The van der Waals surface area contributed by atoms with Crippen LogP contribution >= 0.6 is 0 Å². The first-order chi connectivity index (χ1) is 8.13. The highest BCUT2D eigenvalue weighted by molar-refractivity contribution is 5.62. The lowest BCUT2D eigenvalue weighted by molar-refractivity contribution is 1.22. The van der Waals surface area contributed by atoms with E-state index in [1.54, 1.807) is 0 Å². The predicted octanol–water partition coefficient (Wildman–Crippen LogP) is 4.95. The molecule has 17 heavy (non-hydrogen) atoms. The summed E-state index contributed by atoms with van der Waals surface area (Å²) in [5.41, 5.74) is 4.52. The second kappa shape index (κ2) is 8.51. The van der Waals surface area contributed by atoms with E-state index in [0.717, 1.165) is 16.8 Å². The van der Waals surface area contributed by atoms with Crippen LogP contribution in [-0.2, 0) is 0 Å². The number of pyridine rings is 1. The third-order valence-corrected chi connectivity index (χ3v) is 2.23. The minimum Gasteiger partial charge on any atom is -0.256 e. The van der Waals surface area contributed by atoms with Crippen LogP contribution in [-0.4, -0.2) is 4.98 Å². The molecule has 1 rings (SSSR count). The predicted molar refractivity (Wildman–Crippen MR) is 77.9 cm³/mol. The molecule has 1 aromatic heterocycles. The van der Waals surface area contributed by atoms with E-state index in [-0.39, 0.29) is 0 Å². The monoisotopic (exact) mass is 229 g/mol. The maximum Gasteiger partial charge on any atom is 0.0658 e. The first-order valence-corrected chi connectivity index (χ1v) is 6.04. The normalized spacial score (nSPS) is 11.6. The molecule has 0 fully saturated rings. The van der Waals surface area contributed by atoms with E-state index in [0.29, 0.717) is 0 Å². The number of allylic oxidation sites excluding steroid dienone is 5. The van der Waals surface area contributed by atoms with Crippen molar-refractivity contribution >= 4 is 5.57 Å². The van der Waals surface area contributed by atoms with Gasteiger partial charge in [0.05, 0.1) is 5.69 Å².